The van der Waals surface area contributed by atoms with Gasteiger partial charge in [0, 0.05) is 19.2 Å². The van der Waals surface area contributed by atoms with Crippen molar-refractivity contribution in [2.45, 2.75) is 11.7 Å². The van der Waals surface area contributed by atoms with Gasteiger partial charge in [-0.25, -0.2) is 13.8 Å². The minimum Gasteiger partial charge on any atom is -0.326 e. The number of anilines is 1. The predicted molar refractivity (Wildman–Crippen MR) is 97.3 cm³/mol. The van der Waals surface area contributed by atoms with E-state index in [0.29, 0.717) is 16.5 Å². The Morgan fingerprint density at radius 2 is 1.69 bits per heavy atom. The van der Waals surface area contributed by atoms with E-state index in [1.807, 2.05) is 0 Å². The maximum atomic E-state index is 13.0. The van der Waals surface area contributed by atoms with Crippen LogP contribution in [-0.4, -0.2) is 34.2 Å². The molecule has 1 heterocycles. The van der Waals surface area contributed by atoms with Gasteiger partial charge >= 0.3 is 0 Å². The summed E-state index contributed by atoms with van der Waals surface area (Å²) in [6.45, 7) is 0. The highest BCUT2D eigenvalue weighted by atomic mass is 32.2. The highest BCUT2D eigenvalue weighted by Gasteiger charge is 2.36. The molecule has 0 spiro atoms. The second-order valence-electron chi connectivity index (χ2n) is 5.63. The molecule has 26 heavy (non-hydrogen) atoms. The number of aliphatic imine (C=N–C) groups is 1. The number of benzene rings is 2. The Morgan fingerprint density at radius 3 is 2.31 bits per heavy atom. The van der Waals surface area contributed by atoms with Crippen LogP contribution in [0.25, 0.3) is 0 Å². The first kappa shape index (κ1) is 18.1. The van der Waals surface area contributed by atoms with Gasteiger partial charge in [0.2, 0.25) is 11.8 Å². The second kappa shape index (κ2) is 7.65. The Morgan fingerprint density at radius 1 is 1.12 bits per heavy atom. The molecule has 1 saturated heterocycles. The first-order valence-corrected chi connectivity index (χ1v) is 8.64. The number of carbonyl (C=O) groups excluding carboxylic acids is 2. The van der Waals surface area contributed by atoms with Crippen molar-refractivity contribution >= 4 is 40.1 Å². The Balaban J connectivity index is 1.65. The number of halogens is 2. The molecule has 2 aromatic carbocycles. The molecule has 1 N–H and O–H groups in total. The quantitative estimate of drug-likeness (QED) is 0.889. The van der Waals surface area contributed by atoms with E-state index in [-0.39, 0.29) is 24.1 Å². The van der Waals surface area contributed by atoms with Crippen LogP contribution in [0.3, 0.4) is 0 Å². The smallest absolute Gasteiger partial charge is 0.242 e. The van der Waals surface area contributed by atoms with E-state index in [2.05, 4.69) is 10.3 Å². The van der Waals surface area contributed by atoms with E-state index in [0.717, 1.165) is 0 Å². The average Bonchev–Trinajstić information content (AvgIpc) is 2.87. The second-order valence-corrected chi connectivity index (χ2v) is 6.80. The van der Waals surface area contributed by atoms with E-state index in [1.54, 1.807) is 7.05 Å². The largest absolute Gasteiger partial charge is 0.326 e. The van der Waals surface area contributed by atoms with Gasteiger partial charge in [0.25, 0.3) is 0 Å². The summed E-state index contributed by atoms with van der Waals surface area (Å²) >= 11 is 1.18. The summed E-state index contributed by atoms with van der Waals surface area (Å²) in [4.78, 5) is 30.2. The molecule has 0 unspecified atom stereocenters. The van der Waals surface area contributed by atoms with Crippen molar-refractivity contribution < 1.29 is 18.4 Å². The first-order chi connectivity index (χ1) is 12.4. The van der Waals surface area contributed by atoms with Crippen molar-refractivity contribution in [3.8, 4) is 0 Å². The number of nitrogens with zero attached hydrogens (tertiary/aromatic N) is 2. The molecule has 8 heteroatoms. The van der Waals surface area contributed by atoms with E-state index in [4.69, 9.17) is 0 Å². The molecule has 2 amide bonds. The topological polar surface area (TPSA) is 61.8 Å². The predicted octanol–water partition coefficient (Wildman–Crippen LogP) is 3.55. The molecule has 2 aromatic rings. The summed E-state index contributed by atoms with van der Waals surface area (Å²) < 4.78 is 25.9. The lowest BCUT2D eigenvalue weighted by Crippen LogP contribution is -2.30. The third kappa shape index (κ3) is 4.26. The van der Waals surface area contributed by atoms with Gasteiger partial charge in [-0.1, -0.05) is 11.8 Å². The van der Waals surface area contributed by atoms with Crippen LogP contribution < -0.4 is 5.32 Å². The normalized spacial score (nSPS) is 18.4. The zero-order valence-corrected chi connectivity index (χ0v) is 14.6. The van der Waals surface area contributed by atoms with Crippen LogP contribution in [0.2, 0.25) is 0 Å². The van der Waals surface area contributed by atoms with Gasteiger partial charge in [-0.15, -0.1) is 0 Å². The highest BCUT2D eigenvalue weighted by Crippen LogP contribution is 2.30. The monoisotopic (exact) mass is 375 g/mol. The third-order valence-electron chi connectivity index (χ3n) is 3.69. The summed E-state index contributed by atoms with van der Waals surface area (Å²) in [5.41, 5.74) is 0.977. The molecule has 134 valence electrons. The van der Waals surface area contributed by atoms with Crippen molar-refractivity contribution in [3.05, 3.63) is 60.2 Å². The zero-order valence-electron chi connectivity index (χ0n) is 13.8. The summed E-state index contributed by atoms with van der Waals surface area (Å²) in [5.74, 6) is -1.34. The number of hydrogen-bond acceptors (Lipinski definition) is 4. The summed E-state index contributed by atoms with van der Waals surface area (Å²) in [6.07, 6.45) is -0.0341. The Labute approximate surface area is 153 Å². The van der Waals surface area contributed by atoms with Crippen molar-refractivity contribution in [2.75, 3.05) is 12.4 Å². The summed E-state index contributed by atoms with van der Waals surface area (Å²) in [5, 5.41) is 2.48. The van der Waals surface area contributed by atoms with Crippen molar-refractivity contribution in [3.63, 3.8) is 0 Å². The van der Waals surface area contributed by atoms with E-state index >= 15 is 0 Å². The van der Waals surface area contributed by atoms with Gasteiger partial charge < -0.3 is 5.32 Å². The maximum Gasteiger partial charge on any atom is 0.242 e. The van der Waals surface area contributed by atoms with Crippen LogP contribution in [0.5, 0.6) is 0 Å². The molecule has 1 aliphatic rings. The Bertz CT molecular complexity index is 854. The minimum absolute atomic E-state index is 0.0341. The lowest BCUT2D eigenvalue weighted by Gasteiger charge is -2.09. The molecule has 1 fully saturated rings. The van der Waals surface area contributed by atoms with E-state index in [9.17, 15) is 18.4 Å². The molecule has 1 atom stereocenters. The van der Waals surface area contributed by atoms with Gasteiger partial charge in [-0.05, 0) is 48.5 Å². The zero-order chi connectivity index (χ0) is 18.7. The van der Waals surface area contributed by atoms with Crippen LogP contribution in [-0.2, 0) is 9.59 Å². The van der Waals surface area contributed by atoms with Gasteiger partial charge in [-0.3, -0.25) is 14.5 Å². The summed E-state index contributed by atoms with van der Waals surface area (Å²) in [6, 6.07) is 11.0. The standard InChI is InChI=1S/C18H15F2N3O2S/c1-23-17(25)15(10-16(24)21-13-6-2-11(19)3-7-13)26-18(23)22-14-8-4-12(20)5-9-14/h2-9,15H,10H2,1H3,(H,21,24)/t15-/m1/s1. The molecule has 0 saturated carbocycles. The number of nitrogens with one attached hydrogen (secondary N) is 1. The van der Waals surface area contributed by atoms with E-state index < -0.39 is 11.1 Å². The Hall–Kier alpha value is -2.74. The maximum absolute atomic E-state index is 13.0. The molecular formula is C18H15F2N3O2S. The third-order valence-corrected chi connectivity index (χ3v) is 4.92. The van der Waals surface area contributed by atoms with Crippen LogP contribution >= 0.6 is 11.8 Å². The van der Waals surface area contributed by atoms with Crippen molar-refractivity contribution in [1.82, 2.24) is 4.90 Å². The van der Waals surface area contributed by atoms with Crippen molar-refractivity contribution in [2.24, 2.45) is 4.99 Å². The van der Waals surface area contributed by atoms with Crippen molar-refractivity contribution in [1.29, 1.82) is 0 Å². The SMILES string of the molecule is CN1C(=O)[C@@H](CC(=O)Nc2ccc(F)cc2)SC1=Nc1ccc(F)cc1. The molecule has 0 aliphatic carbocycles. The minimum atomic E-state index is -0.598. The van der Waals surface area contributed by atoms with Crippen LogP contribution in [0.4, 0.5) is 20.2 Å². The van der Waals surface area contributed by atoms with Crippen LogP contribution in [0, 0.1) is 11.6 Å². The fourth-order valence-electron chi connectivity index (χ4n) is 2.34. The molecular weight excluding hydrogens is 360 g/mol. The van der Waals surface area contributed by atoms with Gasteiger partial charge in [-0.2, -0.15) is 0 Å². The lowest BCUT2D eigenvalue weighted by molar-refractivity contribution is -0.127. The number of amides is 2. The van der Waals surface area contributed by atoms with Gasteiger partial charge in [0.05, 0.1) is 5.69 Å². The van der Waals surface area contributed by atoms with Gasteiger partial charge in [0.15, 0.2) is 5.17 Å². The van der Waals surface area contributed by atoms with Crippen LogP contribution in [0.15, 0.2) is 53.5 Å². The lowest BCUT2D eigenvalue weighted by atomic mass is 10.2. The number of carbonyl (C=O) groups is 2. The van der Waals surface area contributed by atoms with Gasteiger partial charge in [0.1, 0.15) is 16.9 Å². The highest BCUT2D eigenvalue weighted by molar-refractivity contribution is 8.15. The van der Waals surface area contributed by atoms with Crippen LogP contribution in [0.1, 0.15) is 6.42 Å². The molecule has 0 aromatic heterocycles. The Kier molecular flexibility index (Phi) is 5.32. The molecule has 5 nitrogen and oxygen atoms in total. The molecule has 0 radical (unpaired) electrons. The number of thioether (sulfide) groups is 1. The van der Waals surface area contributed by atoms with E-state index in [1.165, 1.54) is 65.2 Å². The summed E-state index contributed by atoms with van der Waals surface area (Å²) in [7, 11) is 1.58. The molecule has 1 aliphatic heterocycles. The molecule has 3 rings (SSSR count). The number of rotatable bonds is 4. The fraction of sp³-hybridized carbons (Fsp3) is 0.167. The fourth-order valence-corrected chi connectivity index (χ4v) is 3.49. The average molecular weight is 375 g/mol. The number of amidine groups is 1. The molecule has 0 bridgehead atoms. The first-order valence-electron chi connectivity index (χ1n) is 7.76. The number of hydrogen-bond donors (Lipinski definition) is 1.